The maximum Gasteiger partial charge on any atom is 0.338 e. The molecule has 1 fully saturated rings. The predicted molar refractivity (Wildman–Crippen MR) is 99.7 cm³/mol. The van der Waals surface area contributed by atoms with Gasteiger partial charge in [-0.3, -0.25) is 0 Å². The van der Waals surface area contributed by atoms with Crippen molar-refractivity contribution in [3.05, 3.63) is 29.8 Å². The van der Waals surface area contributed by atoms with E-state index in [0.717, 1.165) is 25.8 Å². The first kappa shape index (κ1) is 21.9. The lowest BCUT2D eigenvalue weighted by Gasteiger charge is -2.31. The minimum Gasteiger partial charge on any atom is -0.462 e. The van der Waals surface area contributed by atoms with E-state index in [1.807, 2.05) is 7.05 Å². The first-order chi connectivity index (χ1) is 11.5. The number of sulfonamides is 1. The lowest BCUT2D eigenvalue weighted by Crippen LogP contribution is -2.38. The minimum absolute atomic E-state index is 0. The van der Waals surface area contributed by atoms with Gasteiger partial charge in [-0.2, -0.15) is 4.31 Å². The van der Waals surface area contributed by atoms with Crippen LogP contribution >= 0.6 is 12.4 Å². The average molecular weight is 391 g/mol. The molecule has 0 unspecified atom stereocenters. The van der Waals surface area contributed by atoms with Crippen LogP contribution in [0.5, 0.6) is 0 Å². The molecule has 0 saturated carbocycles. The summed E-state index contributed by atoms with van der Waals surface area (Å²) < 4.78 is 31.9. The van der Waals surface area contributed by atoms with Crippen molar-refractivity contribution in [2.75, 3.05) is 33.3 Å². The summed E-state index contributed by atoms with van der Waals surface area (Å²) in [4.78, 5) is 11.9. The largest absolute Gasteiger partial charge is 0.462 e. The molecule has 1 aromatic carbocycles. The van der Waals surface area contributed by atoms with E-state index in [4.69, 9.17) is 4.74 Å². The highest BCUT2D eigenvalue weighted by Crippen LogP contribution is 2.25. The summed E-state index contributed by atoms with van der Waals surface area (Å²) in [6.45, 7) is 4.09. The number of rotatable bonds is 7. The maximum absolute atomic E-state index is 12.7. The summed E-state index contributed by atoms with van der Waals surface area (Å²) in [5.74, 6) is 0.141. The second kappa shape index (κ2) is 10.1. The van der Waals surface area contributed by atoms with E-state index in [1.165, 1.54) is 24.3 Å². The van der Waals surface area contributed by atoms with Crippen LogP contribution in [0.15, 0.2) is 29.2 Å². The molecule has 1 aliphatic rings. The van der Waals surface area contributed by atoms with Crippen molar-refractivity contribution in [3.8, 4) is 0 Å². The number of carbonyl (C=O) groups excluding carboxylic acids is 1. The molecule has 0 aliphatic carbocycles. The van der Waals surface area contributed by atoms with Crippen molar-refractivity contribution in [1.29, 1.82) is 0 Å². The lowest BCUT2D eigenvalue weighted by atomic mass is 9.95. The average Bonchev–Trinajstić information content (AvgIpc) is 2.60. The van der Waals surface area contributed by atoms with Gasteiger partial charge in [0.05, 0.1) is 17.1 Å². The maximum atomic E-state index is 12.7. The number of benzene rings is 1. The number of halogens is 1. The van der Waals surface area contributed by atoms with Crippen LogP contribution in [-0.4, -0.2) is 52.0 Å². The molecule has 1 heterocycles. The molecule has 0 aromatic heterocycles. The fourth-order valence-electron chi connectivity index (χ4n) is 2.91. The predicted octanol–water partition coefficient (Wildman–Crippen LogP) is 2.30. The summed E-state index contributed by atoms with van der Waals surface area (Å²) in [6.07, 6.45) is 2.86. The SMILES string of the molecule is CCOC(=O)c1ccc(S(=O)(=O)N2CCC(CCNC)CC2)cc1.Cl. The van der Waals surface area contributed by atoms with Crippen LogP contribution in [0.4, 0.5) is 0 Å². The van der Waals surface area contributed by atoms with Gasteiger partial charge < -0.3 is 10.1 Å². The quantitative estimate of drug-likeness (QED) is 0.723. The Bertz CT molecular complexity index is 641. The summed E-state index contributed by atoms with van der Waals surface area (Å²) in [6, 6.07) is 5.97. The van der Waals surface area contributed by atoms with E-state index < -0.39 is 16.0 Å². The zero-order valence-corrected chi connectivity index (χ0v) is 16.4. The molecule has 25 heavy (non-hydrogen) atoms. The van der Waals surface area contributed by atoms with Crippen molar-refractivity contribution in [2.45, 2.75) is 31.1 Å². The summed E-state index contributed by atoms with van der Waals surface area (Å²) in [5.41, 5.74) is 0.363. The van der Waals surface area contributed by atoms with E-state index in [-0.39, 0.29) is 17.3 Å². The standard InChI is InChI=1S/C17H26N2O4S.ClH/c1-3-23-17(20)15-4-6-16(7-5-15)24(21,22)19-12-9-14(10-13-19)8-11-18-2;/h4-7,14,18H,3,8-13H2,1-2H3;1H. The monoisotopic (exact) mass is 390 g/mol. The van der Waals surface area contributed by atoms with Gasteiger partial charge in [0.2, 0.25) is 10.0 Å². The number of hydrogen-bond acceptors (Lipinski definition) is 5. The van der Waals surface area contributed by atoms with Gasteiger partial charge in [-0.25, -0.2) is 13.2 Å². The molecule has 0 atom stereocenters. The first-order valence-corrected chi connectivity index (χ1v) is 9.85. The van der Waals surface area contributed by atoms with Gasteiger partial charge in [-0.15, -0.1) is 12.4 Å². The number of ether oxygens (including phenoxy) is 1. The number of carbonyl (C=O) groups is 1. The third-order valence-electron chi connectivity index (χ3n) is 4.38. The van der Waals surface area contributed by atoms with E-state index in [2.05, 4.69) is 5.32 Å². The molecule has 6 nitrogen and oxygen atoms in total. The molecule has 8 heteroatoms. The zero-order valence-electron chi connectivity index (χ0n) is 14.7. The van der Waals surface area contributed by atoms with E-state index in [1.54, 1.807) is 11.2 Å². The van der Waals surface area contributed by atoms with Crippen molar-refractivity contribution >= 4 is 28.4 Å². The number of nitrogens with one attached hydrogen (secondary N) is 1. The Labute approximate surface area is 156 Å². The van der Waals surface area contributed by atoms with Gasteiger partial charge in [0.1, 0.15) is 0 Å². The van der Waals surface area contributed by atoms with E-state index >= 15 is 0 Å². The second-order valence-corrected chi connectivity index (χ2v) is 7.92. The number of hydrogen-bond donors (Lipinski definition) is 1. The van der Waals surface area contributed by atoms with Crippen LogP contribution in [-0.2, 0) is 14.8 Å². The number of esters is 1. The molecule has 2 rings (SSSR count). The second-order valence-electron chi connectivity index (χ2n) is 5.98. The van der Waals surface area contributed by atoms with Crippen molar-refractivity contribution in [1.82, 2.24) is 9.62 Å². The van der Waals surface area contributed by atoms with Gasteiger partial charge in [0.15, 0.2) is 0 Å². The highest BCUT2D eigenvalue weighted by Gasteiger charge is 2.29. The van der Waals surface area contributed by atoms with Crippen molar-refractivity contribution < 1.29 is 17.9 Å². The molecule has 0 bridgehead atoms. The van der Waals surface area contributed by atoms with Gasteiger partial charge >= 0.3 is 5.97 Å². The number of nitrogens with zero attached hydrogens (tertiary/aromatic N) is 1. The Kier molecular flexibility index (Phi) is 8.85. The Morgan fingerprint density at radius 2 is 1.84 bits per heavy atom. The highest BCUT2D eigenvalue weighted by molar-refractivity contribution is 7.89. The molecule has 142 valence electrons. The highest BCUT2D eigenvalue weighted by atomic mass is 35.5. The third-order valence-corrected chi connectivity index (χ3v) is 6.29. The third kappa shape index (κ3) is 5.67. The summed E-state index contributed by atoms with van der Waals surface area (Å²) in [7, 11) is -1.57. The van der Waals surface area contributed by atoms with Crippen LogP contribution in [0.25, 0.3) is 0 Å². The van der Waals surface area contributed by atoms with Crippen LogP contribution in [0.2, 0.25) is 0 Å². The first-order valence-electron chi connectivity index (χ1n) is 8.41. The smallest absolute Gasteiger partial charge is 0.338 e. The Morgan fingerprint density at radius 1 is 1.24 bits per heavy atom. The van der Waals surface area contributed by atoms with Gasteiger partial charge in [0, 0.05) is 13.1 Å². The van der Waals surface area contributed by atoms with Gasteiger partial charge in [-0.05, 0) is 70.0 Å². The molecule has 1 saturated heterocycles. The Hall–Kier alpha value is -1.15. The Morgan fingerprint density at radius 3 is 2.36 bits per heavy atom. The molecular weight excluding hydrogens is 364 g/mol. The van der Waals surface area contributed by atoms with Crippen molar-refractivity contribution in [3.63, 3.8) is 0 Å². The zero-order chi connectivity index (χ0) is 17.6. The molecule has 1 aliphatic heterocycles. The minimum atomic E-state index is -3.50. The number of piperidine rings is 1. The van der Waals surface area contributed by atoms with Gasteiger partial charge in [-0.1, -0.05) is 0 Å². The lowest BCUT2D eigenvalue weighted by molar-refractivity contribution is 0.0526. The van der Waals surface area contributed by atoms with E-state index in [9.17, 15) is 13.2 Å². The molecule has 1 aromatic rings. The van der Waals surface area contributed by atoms with Crippen molar-refractivity contribution in [2.24, 2.45) is 5.92 Å². The summed E-state index contributed by atoms with van der Waals surface area (Å²) in [5, 5.41) is 3.14. The molecule has 0 spiro atoms. The van der Waals surface area contributed by atoms with Crippen LogP contribution in [0.1, 0.15) is 36.5 Å². The fourth-order valence-corrected chi connectivity index (χ4v) is 4.38. The molecule has 0 radical (unpaired) electrons. The van der Waals surface area contributed by atoms with Crippen LogP contribution in [0.3, 0.4) is 0 Å². The fraction of sp³-hybridized carbons (Fsp3) is 0.588. The molecular formula is C17H27ClN2O4S. The summed E-state index contributed by atoms with van der Waals surface area (Å²) >= 11 is 0. The normalized spacial score (nSPS) is 16.2. The van der Waals surface area contributed by atoms with Crippen LogP contribution in [0, 0.1) is 5.92 Å². The molecule has 0 amide bonds. The molecule has 1 N–H and O–H groups in total. The van der Waals surface area contributed by atoms with E-state index in [0.29, 0.717) is 31.2 Å². The topological polar surface area (TPSA) is 75.7 Å². The Balaban J connectivity index is 0.00000312. The van der Waals surface area contributed by atoms with Gasteiger partial charge in [0.25, 0.3) is 0 Å². The van der Waals surface area contributed by atoms with Crippen LogP contribution < -0.4 is 5.32 Å².